The maximum Gasteiger partial charge on any atom is 0.176 e. The highest BCUT2D eigenvalue weighted by Crippen LogP contribution is 2.11. The molecule has 0 aliphatic carbocycles. The number of para-hydroxylation sites is 1. The van der Waals surface area contributed by atoms with Gasteiger partial charge in [-0.25, -0.2) is 4.98 Å². The Morgan fingerprint density at radius 1 is 1.21 bits per heavy atom. The van der Waals surface area contributed by atoms with Crippen molar-refractivity contribution in [2.24, 2.45) is 0 Å². The first kappa shape index (κ1) is 12.7. The Labute approximate surface area is 111 Å². The molecule has 0 saturated heterocycles. The highest BCUT2D eigenvalue weighted by molar-refractivity contribution is 5.45. The molecule has 0 spiro atoms. The zero-order chi connectivity index (χ0) is 13.7. The molecule has 0 bridgehead atoms. The quantitative estimate of drug-likeness (QED) is 0.830. The minimum absolute atomic E-state index is 0.185. The Hall–Kier alpha value is -2.79. The fourth-order valence-corrected chi connectivity index (χ4v) is 1.82. The molecule has 0 aliphatic heterocycles. The molecular weight excluding hydrogens is 238 g/mol. The average Bonchev–Trinajstić information content (AvgIpc) is 2.87. The standard InChI is InChI=1S/C14H13N5/c1-18(12-5-3-2-4-6-12)7-8-19-11-17-13(9-15)14(19)10-16/h2-6,11H,7-8H2,1H3. The van der Waals surface area contributed by atoms with Gasteiger partial charge in [0.15, 0.2) is 11.4 Å². The Balaban J connectivity index is 2.06. The van der Waals surface area contributed by atoms with Gasteiger partial charge in [-0.1, -0.05) is 18.2 Å². The number of nitrogens with zero attached hydrogens (tertiary/aromatic N) is 5. The van der Waals surface area contributed by atoms with Crippen LogP contribution in [-0.4, -0.2) is 23.1 Å². The molecule has 1 aromatic heterocycles. The van der Waals surface area contributed by atoms with E-state index in [2.05, 4.69) is 9.88 Å². The molecule has 0 fully saturated rings. The van der Waals surface area contributed by atoms with Crippen LogP contribution >= 0.6 is 0 Å². The van der Waals surface area contributed by atoms with Gasteiger partial charge in [-0.15, -0.1) is 0 Å². The minimum Gasteiger partial charge on any atom is -0.373 e. The Morgan fingerprint density at radius 3 is 2.58 bits per heavy atom. The number of nitriles is 2. The summed E-state index contributed by atoms with van der Waals surface area (Å²) in [6.07, 6.45) is 1.54. The summed E-state index contributed by atoms with van der Waals surface area (Å²) in [6.45, 7) is 1.35. The highest BCUT2D eigenvalue weighted by Gasteiger charge is 2.10. The molecule has 5 nitrogen and oxygen atoms in total. The van der Waals surface area contributed by atoms with Gasteiger partial charge in [0.25, 0.3) is 0 Å². The molecule has 1 heterocycles. The normalized spacial score (nSPS) is 9.63. The molecule has 0 unspecified atom stereocenters. The second-order valence-electron chi connectivity index (χ2n) is 4.12. The maximum atomic E-state index is 9.03. The van der Waals surface area contributed by atoms with E-state index in [9.17, 15) is 0 Å². The number of hydrogen-bond acceptors (Lipinski definition) is 4. The molecule has 5 heteroatoms. The third-order valence-electron chi connectivity index (χ3n) is 2.92. The zero-order valence-electron chi connectivity index (χ0n) is 10.6. The van der Waals surface area contributed by atoms with Gasteiger partial charge in [0.2, 0.25) is 0 Å². The summed E-state index contributed by atoms with van der Waals surface area (Å²) in [5.74, 6) is 0. The molecule has 0 atom stereocenters. The number of anilines is 1. The Morgan fingerprint density at radius 2 is 1.95 bits per heavy atom. The van der Waals surface area contributed by atoms with E-state index in [1.807, 2.05) is 49.5 Å². The second-order valence-corrected chi connectivity index (χ2v) is 4.12. The van der Waals surface area contributed by atoms with Gasteiger partial charge >= 0.3 is 0 Å². The van der Waals surface area contributed by atoms with Crippen molar-refractivity contribution in [3.8, 4) is 12.1 Å². The van der Waals surface area contributed by atoms with E-state index >= 15 is 0 Å². The summed E-state index contributed by atoms with van der Waals surface area (Å²) in [4.78, 5) is 6.01. The van der Waals surface area contributed by atoms with Crippen LogP contribution < -0.4 is 4.90 Å². The van der Waals surface area contributed by atoms with Crippen molar-refractivity contribution in [3.63, 3.8) is 0 Å². The lowest BCUT2D eigenvalue weighted by Crippen LogP contribution is -2.22. The minimum atomic E-state index is 0.185. The van der Waals surface area contributed by atoms with Crippen molar-refractivity contribution < 1.29 is 0 Å². The molecule has 0 saturated carbocycles. The van der Waals surface area contributed by atoms with Gasteiger partial charge in [0.1, 0.15) is 12.1 Å². The number of imidazole rings is 1. The first-order chi connectivity index (χ1) is 9.26. The van der Waals surface area contributed by atoms with E-state index in [0.29, 0.717) is 12.2 Å². The van der Waals surface area contributed by atoms with Crippen LogP contribution in [-0.2, 0) is 6.54 Å². The molecule has 94 valence electrons. The van der Waals surface area contributed by atoms with Crippen LogP contribution in [0.4, 0.5) is 5.69 Å². The van der Waals surface area contributed by atoms with Crippen LogP contribution in [0.5, 0.6) is 0 Å². The van der Waals surface area contributed by atoms with Gasteiger partial charge < -0.3 is 9.47 Å². The van der Waals surface area contributed by atoms with E-state index in [1.165, 1.54) is 6.33 Å². The molecule has 2 rings (SSSR count). The summed E-state index contributed by atoms with van der Waals surface area (Å²) in [5.41, 5.74) is 1.62. The van der Waals surface area contributed by atoms with Crippen LogP contribution in [0, 0.1) is 22.7 Å². The first-order valence-corrected chi connectivity index (χ1v) is 5.87. The molecule has 0 radical (unpaired) electrons. The fourth-order valence-electron chi connectivity index (χ4n) is 1.82. The third-order valence-corrected chi connectivity index (χ3v) is 2.92. The fraction of sp³-hybridized carbons (Fsp3) is 0.214. The van der Waals surface area contributed by atoms with Crippen LogP contribution in [0.3, 0.4) is 0 Å². The highest BCUT2D eigenvalue weighted by atomic mass is 15.1. The van der Waals surface area contributed by atoms with Crippen molar-refractivity contribution in [3.05, 3.63) is 48.0 Å². The van der Waals surface area contributed by atoms with E-state index in [1.54, 1.807) is 4.57 Å². The summed E-state index contributed by atoms with van der Waals surface area (Å²) in [5, 5.41) is 17.9. The van der Waals surface area contributed by atoms with Crippen molar-refractivity contribution in [2.45, 2.75) is 6.54 Å². The summed E-state index contributed by atoms with van der Waals surface area (Å²) in [6, 6.07) is 13.9. The van der Waals surface area contributed by atoms with Crippen LogP contribution in [0.1, 0.15) is 11.4 Å². The van der Waals surface area contributed by atoms with Crippen molar-refractivity contribution in [1.82, 2.24) is 9.55 Å². The molecule has 19 heavy (non-hydrogen) atoms. The van der Waals surface area contributed by atoms with Crippen LogP contribution in [0.2, 0.25) is 0 Å². The average molecular weight is 251 g/mol. The summed E-state index contributed by atoms with van der Waals surface area (Å²) < 4.78 is 1.71. The van der Waals surface area contributed by atoms with Crippen LogP contribution in [0.15, 0.2) is 36.7 Å². The van der Waals surface area contributed by atoms with Crippen molar-refractivity contribution >= 4 is 5.69 Å². The number of likely N-dealkylation sites (N-methyl/N-ethyl adjacent to an activating group) is 1. The maximum absolute atomic E-state index is 9.03. The van der Waals surface area contributed by atoms with Gasteiger partial charge in [-0.3, -0.25) is 0 Å². The van der Waals surface area contributed by atoms with E-state index in [-0.39, 0.29) is 5.69 Å². The number of aromatic nitrogens is 2. The van der Waals surface area contributed by atoms with E-state index in [0.717, 1.165) is 12.2 Å². The van der Waals surface area contributed by atoms with Gasteiger partial charge in [-0.05, 0) is 12.1 Å². The molecule has 0 aliphatic rings. The lowest BCUT2D eigenvalue weighted by atomic mass is 10.3. The predicted octanol–water partition coefficient (Wildman–Crippen LogP) is 1.76. The molecule has 0 N–H and O–H groups in total. The molecule has 2 aromatic rings. The Bertz CT molecular complexity index is 630. The summed E-state index contributed by atoms with van der Waals surface area (Å²) in [7, 11) is 1.99. The SMILES string of the molecule is CN(CCn1cnc(C#N)c1C#N)c1ccccc1. The van der Waals surface area contributed by atoms with Crippen molar-refractivity contribution in [2.75, 3.05) is 18.5 Å². The molecule has 1 aromatic carbocycles. The molecule has 0 amide bonds. The van der Waals surface area contributed by atoms with E-state index in [4.69, 9.17) is 10.5 Å². The second kappa shape index (κ2) is 5.70. The van der Waals surface area contributed by atoms with E-state index < -0.39 is 0 Å². The lowest BCUT2D eigenvalue weighted by molar-refractivity contribution is 0.677. The zero-order valence-corrected chi connectivity index (χ0v) is 10.6. The largest absolute Gasteiger partial charge is 0.373 e. The predicted molar refractivity (Wildman–Crippen MR) is 71.4 cm³/mol. The van der Waals surface area contributed by atoms with Gasteiger partial charge in [-0.2, -0.15) is 10.5 Å². The molecular formula is C14H13N5. The number of rotatable bonds is 4. The number of hydrogen-bond donors (Lipinski definition) is 0. The lowest BCUT2D eigenvalue weighted by Gasteiger charge is -2.19. The van der Waals surface area contributed by atoms with Gasteiger partial charge in [0.05, 0.1) is 6.33 Å². The Kier molecular flexibility index (Phi) is 3.80. The monoisotopic (exact) mass is 251 g/mol. The van der Waals surface area contributed by atoms with Crippen molar-refractivity contribution in [1.29, 1.82) is 10.5 Å². The number of benzene rings is 1. The van der Waals surface area contributed by atoms with Gasteiger partial charge in [0, 0.05) is 25.8 Å². The smallest absolute Gasteiger partial charge is 0.176 e. The topological polar surface area (TPSA) is 68.6 Å². The summed E-state index contributed by atoms with van der Waals surface area (Å²) >= 11 is 0. The third kappa shape index (κ3) is 2.72. The van der Waals surface area contributed by atoms with Crippen LogP contribution in [0.25, 0.3) is 0 Å². The first-order valence-electron chi connectivity index (χ1n) is 5.87.